The summed E-state index contributed by atoms with van der Waals surface area (Å²) >= 11 is 0. The zero-order chi connectivity index (χ0) is 9.38. The molecule has 3 rings (SSSR count). The van der Waals surface area contributed by atoms with Gasteiger partial charge in [0.15, 0.2) is 0 Å². The molecule has 1 aromatic heterocycles. The van der Waals surface area contributed by atoms with E-state index in [0.29, 0.717) is 6.04 Å². The molecule has 1 saturated carbocycles. The fourth-order valence-electron chi connectivity index (χ4n) is 2.47. The lowest BCUT2D eigenvalue weighted by Crippen LogP contribution is -2.43. The number of fused-ring (bicyclic) bond motifs is 1. The van der Waals surface area contributed by atoms with Crippen LogP contribution in [0.25, 0.3) is 0 Å². The van der Waals surface area contributed by atoms with Crippen LogP contribution in [0.5, 0.6) is 0 Å². The quantitative estimate of drug-likeness (QED) is 0.718. The Labute approximate surface area is 83.3 Å². The number of hydrogen-bond acceptors (Lipinski definition) is 3. The van der Waals surface area contributed by atoms with E-state index >= 15 is 0 Å². The predicted octanol–water partition coefficient (Wildman–Crippen LogP) is 1.85. The van der Waals surface area contributed by atoms with Crippen molar-refractivity contribution in [2.75, 3.05) is 5.32 Å². The summed E-state index contributed by atoms with van der Waals surface area (Å²) in [6, 6.07) is 0.602. The number of aromatic nitrogens is 2. The van der Waals surface area contributed by atoms with Crippen molar-refractivity contribution in [2.45, 2.75) is 18.9 Å². The summed E-state index contributed by atoms with van der Waals surface area (Å²) in [5.74, 6) is 1.65. The molecule has 2 aliphatic rings. The first-order valence-corrected chi connectivity index (χ1v) is 5.12. The molecule has 2 aliphatic carbocycles. The lowest BCUT2D eigenvalue weighted by Gasteiger charge is -2.41. The highest BCUT2D eigenvalue weighted by atomic mass is 15.0. The van der Waals surface area contributed by atoms with Crippen molar-refractivity contribution in [1.82, 2.24) is 9.97 Å². The Kier molecular flexibility index (Phi) is 1.76. The van der Waals surface area contributed by atoms with Gasteiger partial charge in [0, 0.05) is 12.0 Å². The number of nitrogens with zero attached hydrogens (tertiary/aromatic N) is 2. The molecule has 3 atom stereocenters. The van der Waals surface area contributed by atoms with E-state index in [4.69, 9.17) is 0 Å². The first kappa shape index (κ1) is 7.97. The summed E-state index contributed by atoms with van der Waals surface area (Å²) < 4.78 is 0. The van der Waals surface area contributed by atoms with E-state index in [9.17, 15) is 0 Å². The molecule has 72 valence electrons. The molecule has 3 nitrogen and oxygen atoms in total. The number of hydrogen-bond donors (Lipinski definition) is 1. The molecule has 0 saturated heterocycles. The Hall–Kier alpha value is -1.38. The van der Waals surface area contributed by atoms with Crippen molar-refractivity contribution in [3.05, 3.63) is 30.9 Å². The highest BCUT2D eigenvalue weighted by Gasteiger charge is 2.40. The minimum absolute atomic E-state index is 0.602. The highest BCUT2D eigenvalue weighted by molar-refractivity contribution is 5.40. The van der Waals surface area contributed by atoms with Gasteiger partial charge < -0.3 is 5.32 Å². The lowest BCUT2D eigenvalue weighted by atomic mass is 9.71. The molecular formula is C11H13N3. The second kappa shape index (κ2) is 3.08. The monoisotopic (exact) mass is 187 g/mol. The zero-order valence-electron chi connectivity index (χ0n) is 7.93. The van der Waals surface area contributed by atoms with Crippen molar-refractivity contribution < 1.29 is 0 Å². The van der Waals surface area contributed by atoms with Crippen LogP contribution in [-0.2, 0) is 0 Å². The summed E-state index contributed by atoms with van der Waals surface area (Å²) in [7, 11) is 0. The van der Waals surface area contributed by atoms with Gasteiger partial charge in [-0.3, -0.25) is 0 Å². The van der Waals surface area contributed by atoms with E-state index in [0.717, 1.165) is 17.5 Å². The largest absolute Gasteiger partial charge is 0.379 e. The summed E-state index contributed by atoms with van der Waals surface area (Å²) in [6.07, 6.45) is 12.4. The molecular weight excluding hydrogens is 174 g/mol. The number of anilines is 1. The second-order valence-corrected chi connectivity index (χ2v) is 4.11. The molecule has 1 N–H and O–H groups in total. The first-order valence-electron chi connectivity index (χ1n) is 5.12. The minimum Gasteiger partial charge on any atom is -0.379 e. The van der Waals surface area contributed by atoms with E-state index in [-0.39, 0.29) is 0 Å². The lowest BCUT2D eigenvalue weighted by molar-refractivity contribution is 0.218. The predicted molar refractivity (Wildman–Crippen MR) is 54.8 cm³/mol. The van der Waals surface area contributed by atoms with E-state index in [2.05, 4.69) is 27.4 Å². The van der Waals surface area contributed by atoms with Crippen molar-refractivity contribution in [1.29, 1.82) is 0 Å². The molecule has 3 unspecified atom stereocenters. The van der Waals surface area contributed by atoms with Gasteiger partial charge in [-0.25, -0.2) is 9.97 Å². The molecule has 0 aliphatic heterocycles. The smallest absolute Gasteiger partial charge is 0.115 e. The maximum Gasteiger partial charge on any atom is 0.115 e. The van der Waals surface area contributed by atoms with Crippen LogP contribution in [0.3, 0.4) is 0 Å². The molecule has 0 aromatic carbocycles. The molecule has 3 heteroatoms. The van der Waals surface area contributed by atoms with Gasteiger partial charge in [-0.15, -0.1) is 0 Å². The van der Waals surface area contributed by atoms with Gasteiger partial charge in [-0.2, -0.15) is 0 Å². The van der Waals surface area contributed by atoms with Gasteiger partial charge in [0.1, 0.15) is 6.33 Å². The minimum atomic E-state index is 0.602. The maximum atomic E-state index is 3.99. The molecule has 0 spiro atoms. The fourth-order valence-corrected chi connectivity index (χ4v) is 2.47. The van der Waals surface area contributed by atoms with Crippen LogP contribution in [0.1, 0.15) is 12.8 Å². The second-order valence-electron chi connectivity index (χ2n) is 4.11. The Bertz CT molecular complexity index is 347. The average Bonchev–Trinajstić information content (AvgIpc) is 2.58. The van der Waals surface area contributed by atoms with Gasteiger partial charge in [0.2, 0.25) is 0 Å². The number of nitrogens with one attached hydrogen (secondary N) is 1. The standard InChI is InChI=1S/C11H13N3/c1-2-8-4-11(10(8)3-1)14-9-5-12-7-13-6-9/h1,3,5-8,10-11,14H,2,4H2. The summed E-state index contributed by atoms with van der Waals surface area (Å²) in [5, 5.41) is 3.47. The van der Waals surface area contributed by atoms with E-state index in [1.54, 1.807) is 6.33 Å². The van der Waals surface area contributed by atoms with Crippen molar-refractivity contribution in [3.8, 4) is 0 Å². The van der Waals surface area contributed by atoms with E-state index in [1.165, 1.54) is 12.8 Å². The Balaban J connectivity index is 1.67. The third kappa shape index (κ3) is 1.20. The number of allylic oxidation sites excluding steroid dienone is 1. The molecule has 14 heavy (non-hydrogen) atoms. The van der Waals surface area contributed by atoms with Gasteiger partial charge in [-0.1, -0.05) is 12.2 Å². The normalized spacial score (nSPS) is 33.6. The molecule has 0 radical (unpaired) electrons. The Morgan fingerprint density at radius 1 is 1.29 bits per heavy atom. The van der Waals surface area contributed by atoms with Crippen LogP contribution in [-0.4, -0.2) is 16.0 Å². The van der Waals surface area contributed by atoms with Gasteiger partial charge >= 0.3 is 0 Å². The van der Waals surface area contributed by atoms with E-state index in [1.807, 2.05) is 12.4 Å². The van der Waals surface area contributed by atoms with Gasteiger partial charge in [0.05, 0.1) is 18.1 Å². The molecule has 0 amide bonds. The van der Waals surface area contributed by atoms with Crippen molar-refractivity contribution >= 4 is 5.69 Å². The van der Waals surface area contributed by atoms with Crippen LogP contribution in [0, 0.1) is 11.8 Å². The van der Waals surface area contributed by atoms with Crippen LogP contribution >= 0.6 is 0 Å². The number of rotatable bonds is 2. The van der Waals surface area contributed by atoms with Crippen LogP contribution in [0.4, 0.5) is 5.69 Å². The van der Waals surface area contributed by atoms with Crippen LogP contribution in [0.2, 0.25) is 0 Å². The average molecular weight is 187 g/mol. The van der Waals surface area contributed by atoms with Crippen molar-refractivity contribution in [2.24, 2.45) is 11.8 Å². The Morgan fingerprint density at radius 3 is 2.93 bits per heavy atom. The molecule has 0 bridgehead atoms. The third-order valence-electron chi connectivity index (χ3n) is 3.28. The van der Waals surface area contributed by atoms with Crippen LogP contribution in [0.15, 0.2) is 30.9 Å². The zero-order valence-corrected chi connectivity index (χ0v) is 7.93. The summed E-state index contributed by atoms with van der Waals surface area (Å²) in [4.78, 5) is 7.98. The summed E-state index contributed by atoms with van der Waals surface area (Å²) in [6.45, 7) is 0. The first-order chi connectivity index (χ1) is 6.93. The van der Waals surface area contributed by atoms with Gasteiger partial charge in [-0.05, 0) is 18.8 Å². The van der Waals surface area contributed by atoms with Crippen LogP contribution < -0.4 is 5.32 Å². The van der Waals surface area contributed by atoms with E-state index < -0.39 is 0 Å². The maximum absolute atomic E-state index is 3.99. The molecule has 1 aromatic rings. The van der Waals surface area contributed by atoms with Crippen molar-refractivity contribution in [3.63, 3.8) is 0 Å². The highest BCUT2D eigenvalue weighted by Crippen LogP contribution is 2.43. The van der Waals surface area contributed by atoms with Gasteiger partial charge in [0.25, 0.3) is 0 Å². The Morgan fingerprint density at radius 2 is 2.14 bits per heavy atom. The fraction of sp³-hybridized carbons (Fsp3) is 0.455. The SMILES string of the molecule is C1=CC2C(C1)CC2Nc1cncnc1. The molecule has 1 heterocycles. The molecule has 1 fully saturated rings. The third-order valence-corrected chi connectivity index (χ3v) is 3.28. The summed E-state index contributed by atoms with van der Waals surface area (Å²) in [5.41, 5.74) is 1.04. The topological polar surface area (TPSA) is 37.8 Å².